The fraction of sp³-hybridized carbons (Fsp3) is 0.375. The molecule has 29 heavy (non-hydrogen) atoms. The molecule has 5 nitrogen and oxygen atoms in total. The molecule has 0 unspecified atom stereocenters. The molecule has 5 heteroatoms. The van der Waals surface area contributed by atoms with E-state index in [2.05, 4.69) is 11.8 Å². The maximum absolute atomic E-state index is 12.9. The van der Waals surface area contributed by atoms with E-state index in [0.29, 0.717) is 41.7 Å². The zero-order chi connectivity index (χ0) is 20.4. The van der Waals surface area contributed by atoms with E-state index in [1.54, 1.807) is 18.2 Å². The van der Waals surface area contributed by atoms with E-state index in [1.807, 2.05) is 31.2 Å². The van der Waals surface area contributed by atoms with Crippen molar-refractivity contribution < 1.29 is 19.4 Å². The van der Waals surface area contributed by atoms with Gasteiger partial charge < -0.3 is 14.6 Å². The lowest BCUT2D eigenvalue weighted by molar-refractivity contribution is 0.101. The Morgan fingerprint density at radius 3 is 2.90 bits per heavy atom. The molecular formula is C24H27NO4. The molecule has 0 radical (unpaired) electrons. The van der Waals surface area contributed by atoms with Crippen molar-refractivity contribution in [3.63, 3.8) is 0 Å². The molecule has 2 aliphatic heterocycles. The number of ketones is 1. The van der Waals surface area contributed by atoms with Crippen LogP contribution in [0, 0.1) is 5.92 Å². The number of piperidine rings is 1. The fourth-order valence-electron chi connectivity index (χ4n) is 4.13. The standard InChI is InChI=1S/C24H27NO4/c1-3-28-21-9-5-4-8-17(21)13-22-23(27)18-10-11-20(26)19(24(18)29-22)15-25-12-6-7-16(2)14-25/h4-5,8-11,13,16,26H,3,6-7,12,14-15H2,1-2H3/b22-13-/t16-/m1/s1. The smallest absolute Gasteiger partial charge is 0.231 e. The van der Waals surface area contributed by atoms with E-state index in [4.69, 9.17) is 9.47 Å². The summed E-state index contributed by atoms with van der Waals surface area (Å²) in [5, 5.41) is 10.5. The molecule has 0 spiro atoms. The van der Waals surface area contributed by atoms with Gasteiger partial charge >= 0.3 is 0 Å². The molecule has 0 bridgehead atoms. The summed E-state index contributed by atoms with van der Waals surface area (Å²) in [5.74, 6) is 2.08. The second-order valence-electron chi connectivity index (χ2n) is 7.83. The van der Waals surface area contributed by atoms with Crippen molar-refractivity contribution >= 4 is 11.9 Å². The number of carbonyl (C=O) groups is 1. The number of allylic oxidation sites excluding steroid dienone is 1. The number of benzene rings is 2. The monoisotopic (exact) mass is 393 g/mol. The van der Waals surface area contributed by atoms with Crippen LogP contribution in [0.25, 0.3) is 6.08 Å². The summed E-state index contributed by atoms with van der Waals surface area (Å²) in [7, 11) is 0. The van der Waals surface area contributed by atoms with Gasteiger partial charge in [0.05, 0.1) is 17.7 Å². The normalized spacial score (nSPS) is 20.6. The highest BCUT2D eigenvalue weighted by Crippen LogP contribution is 2.41. The van der Waals surface area contributed by atoms with E-state index >= 15 is 0 Å². The molecule has 2 aromatic rings. The Hall–Kier alpha value is -2.79. The quantitative estimate of drug-likeness (QED) is 0.750. The summed E-state index contributed by atoms with van der Waals surface area (Å²) in [6.07, 6.45) is 4.10. The van der Waals surface area contributed by atoms with Gasteiger partial charge in [-0.25, -0.2) is 0 Å². The number of likely N-dealkylation sites (tertiary alicyclic amines) is 1. The number of hydrogen-bond donors (Lipinski definition) is 1. The molecule has 4 rings (SSSR count). The highest BCUT2D eigenvalue weighted by molar-refractivity contribution is 6.15. The van der Waals surface area contributed by atoms with Crippen LogP contribution in [-0.4, -0.2) is 35.5 Å². The zero-order valence-electron chi connectivity index (χ0n) is 17.0. The Morgan fingerprint density at radius 1 is 1.28 bits per heavy atom. The minimum atomic E-state index is -0.167. The Balaban J connectivity index is 1.64. The number of aromatic hydroxyl groups is 1. The predicted octanol–water partition coefficient (Wildman–Crippen LogP) is 4.64. The Labute approximate surface area is 171 Å². The summed E-state index contributed by atoms with van der Waals surface area (Å²) in [5.41, 5.74) is 1.98. The predicted molar refractivity (Wildman–Crippen MR) is 112 cm³/mol. The van der Waals surface area contributed by atoms with Gasteiger partial charge in [-0.3, -0.25) is 9.69 Å². The number of phenolic OH excluding ortho intramolecular Hbond substituents is 1. The van der Waals surface area contributed by atoms with E-state index in [0.717, 1.165) is 25.1 Å². The van der Waals surface area contributed by atoms with Crippen LogP contribution in [0.4, 0.5) is 0 Å². The van der Waals surface area contributed by atoms with Crippen LogP contribution in [-0.2, 0) is 6.54 Å². The largest absolute Gasteiger partial charge is 0.507 e. The second kappa shape index (κ2) is 8.29. The van der Waals surface area contributed by atoms with Crippen LogP contribution in [0.3, 0.4) is 0 Å². The summed E-state index contributed by atoms with van der Waals surface area (Å²) < 4.78 is 11.7. The molecule has 0 aliphatic carbocycles. The van der Waals surface area contributed by atoms with Crippen molar-refractivity contribution in [1.29, 1.82) is 0 Å². The van der Waals surface area contributed by atoms with Gasteiger partial charge in [0.15, 0.2) is 5.76 Å². The van der Waals surface area contributed by atoms with Gasteiger partial charge in [0.1, 0.15) is 17.2 Å². The van der Waals surface area contributed by atoms with E-state index in [1.165, 1.54) is 6.42 Å². The molecule has 0 amide bonds. The Morgan fingerprint density at radius 2 is 2.10 bits per heavy atom. The lowest BCUT2D eigenvalue weighted by Crippen LogP contribution is -2.33. The first-order valence-electron chi connectivity index (χ1n) is 10.3. The van der Waals surface area contributed by atoms with Gasteiger partial charge in [0.2, 0.25) is 5.78 Å². The SMILES string of the molecule is CCOc1ccccc1/C=C1\Oc2c(ccc(O)c2CN2CCC[C@@H](C)C2)C1=O. The maximum atomic E-state index is 12.9. The molecule has 2 aliphatic rings. The summed E-state index contributed by atoms with van der Waals surface area (Å²) in [6, 6.07) is 10.8. The van der Waals surface area contributed by atoms with Crippen molar-refractivity contribution in [2.45, 2.75) is 33.2 Å². The van der Waals surface area contributed by atoms with Crippen molar-refractivity contribution in [3.8, 4) is 17.2 Å². The van der Waals surface area contributed by atoms with E-state index in [-0.39, 0.29) is 17.3 Å². The van der Waals surface area contributed by atoms with E-state index < -0.39 is 0 Å². The van der Waals surface area contributed by atoms with Crippen LogP contribution in [0.2, 0.25) is 0 Å². The fourth-order valence-corrected chi connectivity index (χ4v) is 4.13. The third-order valence-corrected chi connectivity index (χ3v) is 5.54. The maximum Gasteiger partial charge on any atom is 0.231 e. The molecule has 1 fully saturated rings. The molecule has 2 aromatic carbocycles. The average molecular weight is 393 g/mol. The number of carbonyl (C=O) groups excluding carboxylic acids is 1. The first-order chi connectivity index (χ1) is 14.1. The van der Waals surface area contributed by atoms with Crippen LogP contribution in [0.1, 0.15) is 48.2 Å². The Bertz CT molecular complexity index is 950. The molecular weight excluding hydrogens is 366 g/mol. The zero-order valence-corrected chi connectivity index (χ0v) is 17.0. The molecule has 1 N–H and O–H groups in total. The molecule has 1 saturated heterocycles. The number of hydrogen-bond acceptors (Lipinski definition) is 5. The van der Waals surface area contributed by atoms with Gasteiger partial charge in [0, 0.05) is 18.7 Å². The first kappa shape index (κ1) is 19.5. The third kappa shape index (κ3) is 4.01. The number of rotatable bonds is 5. The number of nitrogens with zero attached hydrogens (tertiary/aromatic N) is 1. The van der Waals surface area contributed by atoms with Gasteiger partial charge in [0.25, 0.3) is 0 Å². The van der Waals surface area contributed by atoms with Gasteiger partial charge in [-0.15, -0.1) is 0 Å². The second-order valence-corrected chi connectivity index (χ2v) is 7.83. The number of para-hydroxylation sites is 1. The molecule has 2 heterocycles. The minimum Gasteiger partial charge on any atom is -0.507 e. The lowest BCUT2D eigenvalue weighted by Gasteiger charge is -2.31. The minimum absolute atomic E-state index is 0.167. The van der Waals surface area contributed by atoms with Gasteiger partial charge in [-0.1, -0.05) is 25.1 Å². The van der Waals surface area contributed by atoms with Crippen LogP contribution < -0.4 is 9.47 Å². The molecule has 0 aromatic heterocycles. The van der Waals surface area contributed by atoms with Crippen molar-refractivity contribution in [2.24, 2.45) is 5.92 Å². The number of fused-ring (bicyclic) bond motifs is 1. The highest BCUT2D eigenvalue weighted by Gasteiger charge is 2.32. The van der Waals surface area contributed by atoms with E-state index in [9.17, 15) is 9.90 Å². The number of phenols is 1. The molecule has 0 saturated carbocycles. The molecule has 152 valence electrons. The van der Waals surface area contributed by atoms with Crippen LogP contribution in [0.15, 0.2) is 42.2 Å². The average Bonchev–Trinajstić information content (AvgIpc) is 3.02. The van der Waals surface area contributed by atoms with Crippen LogP contribution >= 0.6 is 0 Å². The topological polar surface area (TPSA) is 59.0 Å². The van der Waals surface area contributed by atoms with Gasteiger partial charge in [-0.05, 0) is 56.5 Å². The lowest BCUT2D eigenvalue weighted by atomic mass is 9.99. The number of Topliss-reactive ketones (excluding diaryl/α,β-unsaturated/α-hetero) is 1. The van der Waals surface area contributed by atoms with Gasteiger partial charge in [-0.2, -0.15) is 0 Å². The Kier molecular flexibility index (Phi) is 5.58. The first-order valence-corrected chi connectivity index (χ1v) is 10.3. The number of ether oxygens (including phenoxy) is 2. The van der Waals surface area contributed by atoms with Crippen molar-refractivity contribution in [2.75, 3.05) is 19.7 Å². The summed E-state index contributed by atoms with van der Waals surface area (Å²) >= 11 is 0. The molecule has 1 atom stereocenters. The summed E-state index contributed by atoms with van der Waals surface area (Å²) in [4.78, 5) is 15.3. The van der Waals surface area contributed by atoms with Crippen molar-refractivity contribution in [3.05, 3.63) is 58.8 Å². The summed E-state index contributed by atoms with van der Waals surface area (Å²) in [6.45, 7) is 7.27. The van der Waals surface area contributed by atoms with Crippen LogP contribution in [0.5, 0.6) is 17.2 Å². The third-order valence-electron chi connectivity index (χ3n) is 5.54. The van der Waals surface area contributed by atoms with Crippen molar-refractivity contribution in [1.82, 2.24) is 4.90 Å². The highest BCUT2D eigenvalue weighted by atomic mass is 16.5.